The smallest absolute Gasteiger partial charge is 0.227 e. The third-order valence-corrected chi connectivity index (χ3v) is 5.50. The summed E-state index contributed by atoms with van der Waals surface area (Å²) in [7, 11) is 0. The van der Waals surface area contributed by atoms with Crippen LogP contribution in [0.2, 0.25) is 0 Å². The topological polar surface area (TPSA) is 29.1 Å². The van der Waals surface area contributed by atoms with Crippen LogP contribution in [0.5, 0.6) is 0 Å². The molecular formula is C15H14BrF2NO. The third-order valence-electron chi connectivity index (χ3n) is 4.89. The van der Waals surface area contributed by atoms with Crippen molar-refractivity contribution in [3.8, 4) is 0 Å². The van der Waals surface area contributed by atoms with E-state index in [9.17, 15) is 13.6 Å². The Bertz CT molecular complexity index is 608. The van der Waals surface area contributed by atoms with Crippen molar-refractivity contribution < 1.29 is 13.6 Å². The van der Waals surface area contributed by atoms with E-state index < -0.39 is 11.6 Å². The van der Waals surface area contributed by atoms with Crippen LogP contribution in [-0.4, -0.2) is 5.91 Å². The number of rotatable bonds is 4. The van der Waals surface area contributed by atoms with E-state index in [-0.39, 0.29) is 33.3 Å². The molecule has 3 aliphatic carbocycles. The number of carbonyl (C=O) groups excluding carboxylic acids is 1. The summed E-state index contributed by atoms with van der Waals surface area (Å²) in [5.74, 6) is -0.136. The van der Waals surface area contributed by atoms with Gasteiger partial charge in [-0.2, -0.15) is 0 Å². The number of benzene rings is 1. The van der Waals surface area contributed by atoms with Crippen LogP contribution >= 0.6 is 15.9 Å². The molecule has 0 heterocycles. The zero-order valence-corrected chi connectivity index (χ0v) is 12.3. The first-order valence-corrected chi connectivity index (χ1v) is 7.76. The van der Waals surface area contributed by atoms with Gasteiger partial charge in [0, 0.05) is 5.56 Å². The highest BCUT2D eigenvalue weighted by molar-refractivity contribution is 9.10. The van der Waals surface area contributed by atoms with Gasteiger partial charge in [0.15, 0.2) is 0 Å². The van der Waals surface area contributed by atoms with Gasteiger partial charge in [-0.3, -0.25) is 4.79 Å². The lowest BCUT2D eigenvalue weighted by atomic mass is 10.0. The Morgan fingerprint density at radius 3 is 2.50 bits per heavy atom. The molecule has 1 aromatic carbocycles. The summed E-state index contributed by atoms with van der Waals surface area (Å²) < 4.78 is 27.9. The van der Waals surface area contributed by atoms with Crippen LogP contribution in [0.3, 0.4) is 0 Å². The lowest BCUT2D eigenvalue weighted by Gasteiger charge is -2.21. The summed E-state index contributed by atoms with van der Waals surface area (Å²) >= 11 is 2.98. The average Bonchev–Trinajstić information content (AvgIpc) is 3.20. The van der Waals surface area contributed by atoms with E-state index in [1.165, 1.54) is 6.07 Å². The highest BCUT2D eigenvalue weighted by Crippen LogP contribution is 2.75. The van der Waals surface area contributed by atoms with E-state index in [4.69, 9.17) is 0 Å². The standard InChI is InChI=1S/C15H14BrF2NO/c16-10-4-11(17)9(3-12(10)18)13(7-1-2-7)19-14(20)15-5-8(15)6-15/h3-4,7-8,13H,1-2,5-6H2,(H,19,20). The van der Waals surface area contributed by atoms with Gasteiger partial charge in [0.05, 0.1) is 15.9 Å². The summed E-state index contributed by atoms with van der Waals surface area (Å²) in [4.78, 5) is 12.2. The number of nitrogens with one attached hydrogen (secondary N) is 1. The first-order valence-electron chi connectivity index (χ1n) is 6.97. The minimum absolute atomic E-state index is 0.0297. The maximum atomic E-state index is 14.1. The molecule has 3 saturated carbocycles. The maximum absolute atomic E-state index is 14.1. The molecule has 4 rings (SSSR count). The van der Waals surface area contributed by atoms with Crippen LogP contribution in [0.25, 0.3) is 0 Å². The van der Waals surface area contributed by atoms with Gasteiger partial charge in [-0.05, 0) is 65.6 Å². The Balaban J connectivity index is 1.62. The van der Waals surface area contributed by atoms with Crippen molar-refractivity contribution in [2.75, 3.05) is 0 Å². The number of halogens is 3. The second-order valence-electron chi connectivity index (χ2n) is 6.34. The van der Waals surface area contributed by atoms with Crippen LogP contribution in [0.4, 0.5) is 8.78 Å². The summed E-state index contributed by atoms with van der Waals surface area (Å²) in [6.07, 6.45) is 3.85. The molecule has 0 radical (unpaired) electrons. The van der Waals surface area contributed by atoms with E-state index in [1.54, 1.807) is 0 Å². The summed E-state index contributed by atoms with van der Waals surface area (Å²) in [5.41, 5.74) is 0.133. The van der Waals surface area contributed by atoms with E-state index in [0.717, 1.165) is 31.7 Å². The molecular weight excluding hydrogens is 328 g/mol. The van der Waals surface area contributed by atoms with E-state index >= 15 is 0 Å². The third kappa shape index (κ3) is 1.90. The minimum Gasteiger partial charge on any atom is -0.348 e. The largest absolute Gasteiger partial charge is 0.348 e. The quantitative estimate of drug-likeness (QED) is 0.831. The average molecular weight is 342 g/mol. The second-order valence-corrected chi connectivity index (χ2v) is 7.19. The molecule has 0 aromatic heterocycles. The minimum atomic E-state index is -0.491. The zero-order chi connectivity index (χ0) is 14.1. The fourth-order valence-corrected chi connectivity index (χ4v) is 3.33. The van der Waals surface area contributed by atoms with Gasteiger partial charge in [-0.15, -0.1) is 0 Å². The van der Waals surface area contributed by atoms with Gasteiger partial charge >= 0.3 is 0 Å². The van der Waals surface area contributed by atoms with Crippen molar-refractivity contribution in [1.82, 2.24) is 5.32 Å². The number of hydrogen-bond donors (Lipinski definition) is 1. The lowest BCUT2D eigenvalue weighted by Crippen LogP contribution is -2.33. The number of hydrogen-bond acceptors (Lipinski definition) is 1. The molecule has 3 aliphatic rings. The van der Waals surface area contributed by atoms with Crippen molar-refractivity contribution in [3.05, 3.63) is 33.8 Å². The van der Waals surface area contributed by atoms with Gasteiger partial charge in [-0.1, -0.05) is 0 Å². The first kappa shape index (κ1) is 12.7. The number of fused-ring (bicyclic) bond motifs is 1. The van der Waals surface area contributed by atoms with Crippen molar-refractivity contribution >= 4 is 21.8 Å². The van der Waals surface area contributed by atoms with Gasteiger partial charge < -0.3 is 5.32 Å². The van der Waals surface area contributed by atoms with Crippen LogP contribution in [0.1, 0.15) is 37.3 Å². The molecule has 0 aliphatic heterocycles. The van der Waals surface area contributed by atoms with Gasteiger partial charge in [-0.25, -0.2) is 8.78 Å². The molecule has 20 heavy (non-hydrogen) atoms. The summed E-state index contributed by atoms with van der Waals surface area (Å²) in [6, 6.07) is 1.96. The molecule has 1 aromatic rings. The predicted octanol–water partition coefficient (Wildman–Crippen LogP) is 3.70. The second kappa shape index (κ2) is 4.03. The Hall–Kier alpha value is -0.970. The Morgan fingerprint density at radius 2 is 1.95 bits per heavy atom. The molecule has 0 spiro atoms. The zero-order valence-electron chi connectivity index (χ0n) is 10.8. The highest BCUT2D eigenvalue weighted by Gasteiger charge is 2.74. The summed E-state index contributed by atoms with van der Waals surface area (Å²) in [5, 5.41) is 2.97. The molecule has 5 heteroatoms. The lowest BCUT2D eigenvalue weighted by molar-refractivity contribution is -0.125. The van der Waals surface area contributed by atoms with Gasteiger partial charge in [0.2, 0.25) is 5.91 Å². The van der Waals surface area contributed by atoms with Crippen LogP contribution in [0, 0.1) is 28.9 Å². The normalized spacial score (nSPS) is 31.4. The fourth-order valence-electron chi connectivity index (χ4n) is 3.01. The Labute approximate surface area is 124 Å². The molecule has 1 atom stereocenters. The first-order chi connectivity index (χ1) is 9.51. The van der Waals surface area contributed by atoms with Gasteiger partial charge in [0.1, 0.15) is 11.6 Å². The molecule has 106 valence electrons. The summed E-state index contributed by atoms with van der Waals surface area (Å²) in [6.45, 7) is 0. The Kier molecular flexibility index (Phi) is 2.57. The molecule has 1 amide bonds. The Morgan fingerprint density at radius 1 is 1.30 bits per heavy atom. The van der Waals surface area contributed by atoms with Gasteiger partial charge in [0.25, 0.3) is 0 Å². The van der Waals surface area contributed by atoms with Crippen molar-refractivity contribution in [3.63, 3.8) is 0 Å². The molecule has 2 nitrogen and oxygen atoms in total. The highest BCUT2D eigenvalue weighted by atomic mass is 79.9. The van der Waals surface area contributed by atoms with Crippen LogP contribution in [0.15, 0.2) is 16.6 Å². The fraction of sp³-hybridized carbons (Fsp3) is 0.533. The number of amides is 1. The van der Waals surface area contributed by atoms with E-state index in [0.29, 0.717) is 5.92 Å². The van der Waals surface area contributed by atoms with Crippen LogP contribution < -0.4 is 5.32 Å². The van der Waals surface area contributed by atoms with Crippen LogP contribution in [-0.2, 0) is 4.79 Å². The monoisotopic (exact) mass is 341 g/mol. The molecule has 0 saturated heterocycles. The molecule has 1 N–H and O–H groups in total. The van der Waals surface area contributed by atoms with Crippen molar-refractivity contribution in [2.24, 2.45) is 17.3 Å². The van der Waals surface area contributed by atoms with Crippen molar-refractivity contribution in [2.45, 2.75) is 31.7 Å². The SMILES string of the molecule is O=C(NC(c1cc(F)c(Br)cc1F)C1CC1)C12CC1C2. The van der Waals surface area contributed by atoms with Crippen molar-refractivity contribution in [1.29, 1.82) is 0 Å². The molecule has 0 bridgehead atoms. The molecule has 3 fully saturated rings. The van der Waals surface area contributed by atoms with E-state index in [1.807, 2.05) is 0 Å². The predicted molar refractivity (Wildman–Crippen MR) is 72.8 cm³/mol. The number of carbonyl (C=O) groups is 1. The maximum Gasteiger partial charge on any atom is 0.227 e. The van der Waals surface area contributed by atoms with E-state index in [2.05, 4.69) is 21.2 Å². The molecule has 1 unspecified atom stereocenters.